The normalized spacial score (nSPS) is 10.3. The smallest absolute Gasteiger partial charge is 0.339 e. The van der Waals surface area contributed by atoms with Crippen LogP contribution in [-0.4, -0.2) is 36.7 Å². The van der Waals surface area contributed by atoms with E-state index in [2.05, 4.69) is 10.6 Å². The predicted molar refractivity (Wildman–Crippen MR) is 112 cm³/mol. The quantitative estimate of drug-likeness (QED) is 0.399. The zero-order valence-electron chi connectivity index (χ0n) is 16.4. The molecule has 0 radical (unpaired) electrons. The van der Waals surface area contributed by atoms with E-state index in [4.69, 9.17) is 4.74 Å². The Morgan fingerprint density at radius 1 is 0.875 bits per heavy atom. The highest BCUT2D eigenvalue weighted by molar-refractivity contribution is 7.12. The first-order chi connectivity index (χ1) is 15.3. The van der Waals surface area contributed by atoms with E-state index in [-0.39, 0.29) is 22.6 Å². The molecule has 0 fully saturated rings. The summed E-state index contributed by atoms with van der Waals surface area (Å²) in [5.41, 5.74) is 0.169. The Balaban J connectivity index is 1.51. The maximum absolute atomic E-state index is 13.2. The molecule has 0 bridgehead atoms. The number of ketones is 1. The minimum atomic E-state index is -1.13. The summed E-state index contributed by atoms with van der Waals surface area (Å²) in [6.45, 7) is -1.17. The lowest BCUT2D eigenvalue weighted by atomic mass is 10.0. The van der Waals surface area contributed by atoms with Crippen LogP contribution in [0.15, 0.2) is 60.0 Å². The van der Waals surface area contributed by atoms with Gasteiger partial charge in [0.05, 0.1) is 17.0 Å². The van der Waals surface area contributed by atoms with Gasteiger partial charge in [-0.3, -0.25) is 14.4 Å². The first-order valence-corrected chi connectivity index (χ1v) is 10.1. The van der Waals surface area contributed by atoms with Gasteiger partial charge in [0.25, 0.3) is 5.91 Å². The highest BCUT2D eigenvalue weighted by atomic mass is 32.1. The van der Waals surface area contributed by atoms with Crippen LogP contribution in [0.5, 0.6) is 0 Å². The van der Waals surface area contributed by atoms with Crippen LogP contribution in [0.2, 0.25) is 0 Å². The number of carbonyl (C=O) groups excluding carboxylic acids is 4. The van der Waals surface area contributed by atoms with Gasteiger partial charge in [-0.05, 0) is 29.6 Å². The number of anilines is 1. The van der Waals surface area contributed by atoms with Crippen molar-refractivity contribution in [3.8, 4) is 0 Å². The molecule has 3 aromatic rings. The lowest BCUT2D eigenvalue weighted by molar-refractivity contribution is -0.126. The van der Waals surface area contributed by atoms with Crippen molar-refractivity contribution in [1.82, 2.24) is 5.32 Å². The molecule has 0 unspecified atom stereocenters. The topological polar surface area (TPSA) is 102 Å². The second-order valence-corrected chi connectivity index (χ2v) is 7.33. The molecule has 0 aliphatic heterocycles. The Labute approximate surface area is 185 Å². The van der Waals surface area contributed by atoms with Crippen LogP contribution in [0.25, 0.3) is 0 Å². The minimum absolute atomic E-state index is 0.00906. The van der Waals surface area contributed by atoms with E-state index in [9.17, 15) is 28.0 Å². The molecule has 164 valence electrons. The number of amides is 2. The van der Waals surface area contributed by atoms with Gasteiger partial charge in [0.1, 0.15) is 0 Å². The molecule has 0 atom stereocenters. The first-order valence-electron chi connectivity index (χ1n) is 9.21. The number of esters is 1. The summed E-state index contributed by atoms with van der Waals surface area (Å²) in [5, 5.41) is 6.26. The average Bonchev–Trinajstić information content (AvgIpc) is 3.33. The van der Waals surface area contributed by atoms with Crippen LogP contribution in [-0.2, 0) is 14.3 Å². The highest BCUT2D eigenvalue weighted by Gasteiger charge is 2.20. The molecule has 2 N–H and O–H groups in total. The molecular weight excluding hydrogens is 442 g/mol. The number of thiophene rings is 1. The molecule has 2 aromatic carbocycles. The van der Waals surface area contributed by atoms with Crippen molar-refractivity contribution in [2.75, 3.05) is 18.5 Å². The van der Waals surface area contributed by atoms with Gasteiger partial charge in [0, 0.05) is 17.3 Å². The van der Waals surface area contributed by atoms with E-state index in [1.165, 1.54) is 23.5 Å². The van der Waals surface area contributed by atoms with Crippen LogP contribution in [0, 0.1) is 11.6 Å². The summed E-state index contributed by atoms with van der Waals surface area (Å²) in [6, 6.07) is 12.2. The van der Waals surface area contributed by atoms with E-state index in [1.807, 2.05) is 0 Å². The van der Waals surface area contributed by atoms with Crippen LogP contribution in [0.1, 0.15) is 25.6 Å². The minimum Gasteiger partial charge on any atom is -0.452 e. The van der Waals surface area contributed by atoms with Gasteiger partial charge in [0.15, 0.2) is 18.2 Å². The molecule has 1 aromatic heterocycles. The lowest BCUT2D eigenvalue weighted by Gasteiger charge is -2.09. The number of rotatable bonds is 8. The van der Waals surface area contributed by atoms with Crippen molar-refractivity contribution in [2.24, 2.45) is 0 Å². The van der Waals surface area contributed by atoms with Gasteiger partial charge >= 0.3 is 5.97 Å². The Morgan fingerprint density at radius 3 is 2.31 bits per heavy atom. The Morgan fingerprint density at radius 2 is 1.62 bits per heavy atom. The Kier molecular flexibility index (Phi) is 7.40. The van der Waals surface area contributed by atoms with E-state index < -0.39 is 42.6 Å². The molecule has 10 heteroatoms. The van der Waals surface area contributed by atoms with E-state index >= 15 is 0 Å². The molecule has 0 aliphatic carbocycles. The molecular formula is C22H16F2N2O5S. The van der Waals surface area contributed by atoms with E-state index in [0.29, 0.717) is 4.88 Å². The molecule has 2 amide bonds. The summed E-state index contributed by atoms with van der Waals surface area (Å²) < 4.78 is 31.0. The van der Waals surface area contributed by atoms with Gasteiger partial charge in [-0.25, -0.2) is 13.6 Å². The van der Waals surface area contributed by atoms with Gasteiger partial charge in [0.2, 0.25) is 11.7 Å². The molecule has 1 heterocycles. The summed E-state index contributed by atoms with van der Waals surface area (Å²) in [7, 11) is 0. The number of hydrogen-bond donors (Lipinski definition) is 2. The number of nitrogens with one attached hydrogen (secondary N) is 2. The van der Waals surface area contributed by atoms with Crippen LogP contribution < -0.4 is 10.6 Å². The number of halogens is 2. The van der Waals surface area contributed by atoms with Crippen molar-refractivity contribution in [3.05, 3.63) is 87.6 Å². The zero-order valence-corrected chi connectivity index (χ0v) is 17.2. The molecule has 32 heavy (non-hydrogen) atoms. The SMILES string of the molecule is O=C(COC(=O)c1ccccc1C(=O)c1cccs1)NCC(=O)Nc1ccc(F)c(F)c1. The molecule has 3 rings (SSSR count). The maximum Gasteiger partial charge on any atom is 0.339 e. The second kappa shape index (κ2) is 10.4. The van der Waals surface area contributed by atoms with Crippen molar-refractivity contribution < 1.29 is 32.7 Å². The van der Waals surface area contributed by atoms with Crippen molar-refractivity contribution >= 4 is 40.6 Å². The molecule has 0 saturated heterocycles. The van der Waals surface area contributed by atoms with Crippen molar-refractivity contribution in [1.29, 1.82) is 0 Å². The second-order valence-electron chi connectivity index (χ2n) is 6.38. The first kappa shape index (κ1) is 22.8. The number of ether oxygens (including phenoxy) is 1. The zero-order chi connectivity index (χ0) is 23.1. The summed E-state index contributed by atoms with van der Waals surface area (Å²) >= 11 is 1.23. The lowest BCUT2D eigenvalue weighted by Crippen LogP contribution is -2.35. The van der Waals surface area contributed by atoms with Gasteiger partial charge in [-0.1, -0.05) is 24.3 Å². The number of carbonyl (C=O) groups is 4. The fourth-order valence-electron chi connectivity index (χ4n) is 2.62. The van der Waals surface area contributed by atoms with E-state index in [0.717, 1.165) is 18.2 Å². The van der Waals surface area contributed by atoms with Crippen molar-refractivity contribution in [2.45, 2.75) is 0 Å². The number of benzene rings is 2. The fraction of sp³-hybridized carbons (Fsp3) is 0.0909. The molecule has 0 spiro atoms. The van der Waals surface area contributed by atoms with Gasteiger partial charge in [-0.2, -0.15) is 0 Å². The monoisotopic (exact) mass is 458 g/mol. The Bertz CT molecular complexity index is 1160. The standard InChI is InChI=1S/C22H16F2N2O5S/c23-16-8-7-13(10-17(16)24)26-19(27)11-25-20(28)12-31-22(30)15-5-2-1-4-14(15)21(29)18-6-3-9-32-18/h1-10H,11-12H2,(H,25,28)(H,26,27). The van der Waals surface area contributed by atoms with Crippen LogP contribution in [0.3, 0.4) is 0 Å². The average molecular weight is 458 g/mol. The van der Waals surface area contributed by atoms with Crippen molar-refractivity contribution in [3.63, 3.8) is 0 Å². The molecule has 0 saturated carbocycles. The third kappa shape index (κ3) is 5.82. The summed E-state index contributed by atoms with van der Waals surface area (Å²) in [5.74, 6) is -4.85. The van der Waals surface area contributed by atoms with Gasteiger partial charge in [-0.15, -0.1) is 11.3 Å². The third-order valence-corrected chi connectivity index (χ3v) is 4.99. The molecule has 0 aliphatic rings. The summed E-state index contributed by atoms with van der Waals surface area (Å²) in [6.07, 6.45) is 0. The van der Waals surface area contributed by atoms with Crippen LogP contribution >= 0.6 is 11.3 Å². The molecule has 7 nitrogen and oxygen atoms in total. The fourth-order valence-corrected chi connectivity index (χ4v) is 3.30. The maximum atomic E-state index is 13.2. The summed E-state index contributed by atoms with van der Waals surface area (Å²) in [4.78, 5) is 49.1. The van der Waals surface area contributed by atoms with Crippen LogP contribution in [0.4, 0.5) is 14.5 Å². The largest absolute Gasteiger partial charge is 0.452 e. The van der Waals surface area contributed by atoms with Gasteiger partial charge < -0.3 is 15.4 Å². The predicted octanol–water partition coefficient (Wildman–Crippen LogP) is 3.17. The Hall–Kier alpha value is -3.92. The third-order valence-electron chi connectivity index (χ3n) is 4.12. The van der Waals surface area contributed by atoms with E-state index in [1.54, 1.807) is 29.6 Å². The highest BCUT2D eigenvalue weighted by Crippen LogP contribution is 2.19. The number of hydrogen-bond acceptors (Lipinski definition) is 6.